The van der Waals surface area contributed by atoms with E-state index >= 15 is 0 Å². The molecule has 0 spiro atoms. The Hall–Kier alpha value is -1.56. The second kappa shape index (κ2) is 6.39. The van der Waals surface area contributed by atoms with Crippen molar-refractivity contribution < 1.29 is 9.47 Å². The van der Waals surface area contributed by atoms with Crippen molar-refractivity contribution >= 4 is 11.6 Å². The van der Waals surface area contributed by atoms with Crippen LogP contribution in [0.25, 0.3) is 0 Å². The van der Waals surface area contributed by atoms with Gasteiger partial charge in [0, 0.05) is 13.2 Å². The van der Waals surface area contributed by atoms with Crippen molar-refractivity contribution in [2.75, 3.05) is 37.5 Å². The summed E-state index contributed by atoms with van der Waals surface area (Å²) in [6.45, 7) is 4.37. The van der Waals surface area contributed by atoms with E-state index in [2.05, 4.69) is 20.6 Å². The summed E-state index contributed by atoms with van der Waals surface area (Å²) in [6, 6.07) is 0.289. The van der Waals surface area contributed by atoms with Gasteiger partial charge in [-0.25, -0.2) is 9.97 Å². The van der Waals surface area contributed by atoms with E-state index in [-0.39, 0.29) is 6.04 Å². The maximum absolute atomic E-state index is 5.44. The van der Waals surface area contributed by atoms with Gasteiger partial charge in [-0.3, -0.25) is 0 Å². The van der Waals surface area contributed by atoms with E-state index in [1.54, 1.807) is 7.11 Å². The van der Waals surface area contributed by atoms with Gasteiger partial charge in [-0.05, 0) is 19.8 Å². The van der Waals surface area contributed by atoms with Crippen molar-refractivity contribution in [1.82, 2.24) is 9.97 Å². The van der Waals surface area contributed by atoms with E-state index in [1.807, 2.05) is 6.92 Å². The summed E-state index contributed by atoms with van der Waals surface area (Å²) in [7, 11) is 1.63. The average Bonchev–Trinajstić information content (AvgIpc) is 2.41. The Morgan fingerprint density at radius 3 is 2.94 bits per heavy atom. The summed E-state index contributed by atoms with van der Waals surface area (Å²) in [6.07, 6.45) is 3.70. The fourth-order valence-corrected chi connectivity index (χ4v) is 2.01. The van der Waals surface area contributed by atoms with Crippen molar-refractivity contribution in [1.29, 1.82) is 0 Å². The number of hydrogen-bond acceptors (Lipinski definition) is 6. The van der Waals surface area contributed by atoms with Crippen molar-refractivity contribution in [3.63, 3.8) is 0 Å². The fourth-order valence-electron chi connectivity index (χ4n) is 2.01. The highest BCUT2D eigenvalue weighted by Crippen LogP contribution is 2.29. The molecular formula is C12H20N4O2. The van der Waals surface area contributed by atoms with Crippen LogP contribution in [0.4, 0.5) is 11.6 Å². The summed E-state index contributed by atoms with van der Waals surface area (Å²) >= 11 is 0. The third-order valence-electron chi connectivity index (χ3n) is 2.85. The summed E-state index contributed by atoms with van der Waals surface area (Å²) in [4.78, 5) is 8.42. The van der Waals surface area contributed by atoms with E-state index in [4.69, 9.17) is 9.47 Å². The lowest BCUT2D eigenvalue weighted by Gasteiger charge is -2.24. The van der Waals surface area contributed by atoms with Crippen LogP contribution in [0, 0.1) is 0 Å². The van der Waals surface area contributed by atoms with Gasteiger partial charge in [0.25, 0.3) is 0 Å². The summed E-state index contributed by atoms with van der Waals surface area (Å²) < 4.78 is 10.8. The Kier molecular flexibility index (Phi) is 4.58. The molecule has 1 aliphatic heterocycles. The van der Waals surface area contributed by atoms with E-state index < -0.39 is 0 Å². The quantitative estimate of drug-likeness (QED) is 0.828. The van der Waals surface area contributed by atoms with Gasteiger partial charge in [-0.2, -0.15) is 0 Å². The lowest BCUT2D eigenvalue weighted by molar-refractivity contribution is 0.0874. The minimum atomic E-state index is 0.289. The van der Waals surface area contributed by atoms with Gasteiger partial charge >= 0.3 is 0 Å². The Balaban J connectivity index is 2.12. The smallest absolute Gasteiger partial charge is 0.204 e. The van der Waals surface area contributed by atoms with Crippen LogP contribution in [0.1, 0.15) is 19.8 Å². The number of hydrogen-bond donors (Lipinski definition) is 2. The second-order valence-electron chi connectivity index (χ2n) is 4.19. The number of aromatic nitrogens is 2. The normalized spacial score (nSPS) is 19.3. The molecular weight excluding hydrogens is 232 g/mol. The monoisotopic (exact) mass is 252 g/mol. The molecule has 2 N–H and O–H groups in total. The second-order valence-corrected chi connectivity index (χ2v) is 4.19. The number of ether oxygens (including phenoxy) is 2. The van der Waals surface area contributed by atoms with Crippen molar-refractivity contribution in [2.24, 2.45) is 0 Å². The molecule has 6 nitrogen and oxygen atoms in total. The SMILES string of the molecule is CCNc1ncnc(NC2CCCOC2)c1OC. The third kappa shape index (κ3) is 3.01. The number of nitrogens with zero attached hydrogens (tertiary/aromatic N) is 2. The summed E-state index contributed by atoms with van der Waals surface area (Å²) in [5.74, 6) is 2.10. The van der Waals surface area contributed by atoms with Crippen molar-refractivity contribution in [2.45, 2.75) is 25.8 Å². The molecule has 1 unspecified atom stereocenters. The van der Waals surface area contributed by atoms with Gasteiger partial charge in [0.15, 0.2) is 11.6 Å². The molecule has 0 bridgehead atoms. The molecule has 0 saturated carbocycles. The predicted molar refractivity (Wildman–Crippen MR) is 70.2 cm³/mol. The maximum Gasteiger partial charge on any atom is 0.204 e. The highest BCUT2D eigenvalue weighted by Gasteiger charge is 2.18. The zero-order chi connectivity index (χ0) is 12.8. The molecule has 100 valence electrons. The largest absolute Gasteiger partial charge is 0.490 e. The Bertz CT molecular complexity index is 380. The zero-order valence-electron chi connectivity index (χ0n) is 10.9. The third-order valence-corrected chi connectivity index (χ3v) is 2.85. The molecule has 1 atom stereocenters. The minimum absolute atomic E-state index is 0.289. The lowest BCUT2D eigenvalue weighted by Crippen LogP contribution is -2.30. The molecule has 1 fully saturated rings. The first-order valence-corrected chi connectivity index (χ1v) is 6.32. The van der Waals surface area contributed by atoms with E-state index in [9.17, 15) is 0 Å². The van der Waals surface area contributed by atoms with Crippen molar-refractivity contribution in [3.05, 3.63) is 6.33 Å². The lowest BCUT2D eigenvalue weighted by atomic mass is 10.1. The van der Waals surface area contributed by atoms with Crippen LogP contribution >= 0.6 is 0 Å². The molecule has 0 amide bonds. The van der Waals surface area contributed by atoms with Gasteiger partial charge < -0.3 is 20.1 Å². The Morgan fingerprint density at radius 2 is 2.28 bits per heavy atom. The van der Waals surface area contributed by atoms with Gasteiger partial charge in [0.2, 0.25) is 5.75 Å². The van der Waals surface area contributed by atoms with Gasteiger partial charge in [0.05, 0.1) is 19.8 Å². The molecule has 1 aromatic rings. The Morgan fingerprint density at radius 1 is 1.44 bits per heavy atom. The van der Waals surface area contributed by atoms with Crippen LogP contribution in [0.2, 0.25) is 0 Å². The van der Waals surface area contributed by atoms with Crippen LogP contribution in [-0.2, 0) is 4.74 Å². The molecule has 0 radical (unpaired) electrons. The average molecular weight is 252 g/mol. The van der Waals surface area contributed by atoms with Crippen LogP contribution in [0.3, 0.4) is 0 Å². The van der Waals surface area contributed by atoms with Gasteiger partial charge in [0.1, 0.15) is 6.33 Å². The Labute approximate surface area is 107 Å². The zero-order valence-corrected chi connectivity index (χ0v) is 10.9. The van der Waals surface area contributed by atoms with E-state index in [0.29, 0.717) is 18.2 Å². The van der Waals surface area contributed by atoms with E-state index in [1.165, 1.54) is 6.33 Å². The molecule has 1 aliphatic rings. The van der Waals surface area contributed by atoms with Gasteiger partial charge in [-0.15, -0.1) is 0 Å². The molecule has 0 aromatic carbocycles. The maximum atomic E-state index is 5.44. The molecule has 0 aliphatic carbocycles. The van der Waals surface area contributed by atoms with Crippen molar-refractivity contribution in [3.8, 4) is 5.75 Å². The summed E-state index contributed by atoms with van der Waals surface area (Å²) in [5.41, 5.74) is 0. The molecule has 18 heavy (non-hydrogen) atoms. The first-order valence-electron chi connectivity index (χ1n) is 6.32. The highest BCUT2D eigenvalue weighted by atomic mass is 16.5. The number of rotatable bonds is 5. The molecule has 1 saturated heterocycles. The fraction of sp³-hybridized carbons (Fsp3) is 0.667. The summed E-state index contributed by atoms with van der Waals surface area (Å²) in [5, 5.41) is 6.52. The van der Waals surface area contributed by atoms with Crippen LogP contribution in [0.15, 0.2) is 6.33 Å². The predicted octanol–water partition coefficient (Wildman–Crippen LogP) is 1.51. The molecule has 2 rings (SSSR count). The molecule has 6 heteroatoms. The standard InChI is InChI=1S/C12H20N4O2/c1-3-13-11-10(17-2)12(15-8-14-11)16-9-5-4-6-18-7-9/h8-9H,3-7H2,1-2H3,(H2,13,14,15,16). The number of anilines is 2. The van der Waals surface area contributed by atoms with Crippen LogP contribution in [0.5, 0.6) is 5.75 Å². The van der Waals surface area contributed by atoms with Crippen LogP contribution < -0.4 is 15.4 Å². The first kappa shape index (κ1) is 12.9. The number of methoxy groups -OCH3 is 1. The molecule has 1 aromatic heterocycles. The topological polar surface area (TPSA) is 68.3 Å². The molecule has 2 heterocycles. The van der Waals surface area contributed by atoms with Gasteiger partial charge in [-0.1, -0.05) is 0 Å². The number of nitrogens with one attached hydrogen (secondary N) is 2. The van der Waals surface area contributed by atoms with E-state index in [0.717, 1.165) is 31.8 Å². The minimum Gasteiger partial charge on any atom is -0.490 e. The first-order chi connectivity index (χ1) is 8.85. The highest BCUT2D eigenvalue weighted by molar-refractivity contribution is 5.63. The van der Waals surface area contributed by atoms with Crippen LogP contribution in [-0.4, -0.2) is 42.9 Å².